The SMILES string of the molecule is Cc1cccc(NC(=O)CNC(=O)C[NH+](C)Cc2ccc(Cl)c(Cl)c2)c1C. The Balaban J connectivity index is 1.78. The van der Waals surface area contributed by atoms with Crippen LogP contribution in [0.25, 0.3) is 0 Å². The van der Waals surface area contributed by atoms with E-state index in [-0.39, 0.29) is 24.9 Å². The lowest BCUT2D eigenvalue weighted by Crippen LogP contribution is -3.08. The van der Waals surface area contributed by atoms with E-state index in [0.717, 1.165) is 27.3 Å². The minimum atomic E-state index is -0.251. The van der Waals surface area contributed by atoms with Crippen LogP contribution in [0.2, 0.25) is 10.0 Å². The molecule has 0 saturated carbocycles. The van der Waals surface area contributed by atoms with Crippen molar-refractivity contribution < 1.29 is 14.5 Å². The van der Waals surface area contributed by atoms with Gasteiger partial charge in [0, 0.05) is 11.3 Å². The van der Waals surface area contributed by atoms with Gasteiger partial charge in [-0.05, 0) is 43.2 Å². The van der Waals surface area contributed by atoms with Gasteiger partial charge in [-0.2, -0.15) is 0 Å². The van der Waals surface area contributed by atoms with Crippen molar-refractivity contribution in [2.45, 2.75) is 20.4 Å². The first-order valence-corrected chi connectivity index (χ1v) is 9.40. The van der Waals surface area contributed by atoms with Gasteiger partial charge in [0.25, 0.3) is 5.91 Å². The number of anilines is 1. The molecule has 7 heteroatoms. The van der Waals surface area contributed by atoms with E-state index in [1.165, 1.54) is 0 Å². The molecule has 0 radical (unpaired) electrons. The second-order valence-corrected chi connectivity index (χ2v) is 7.45. The predicted molar refractivity (Wildman–Crippen MR) is 109 cm³/mol. The maximum atomic E-state index is 12.1. The highest BCUT2D eigenvalue weighted by molar-refractivity contribution is 6.42. The lowest BCUT2D eigenvalue weighted by atomic mass is 10.1. The van der Waals surface area contributed by atoms with Crippen LogP contribution in [0.4, 0.5) is 5.69 Å². The number of likely N-dealkylation sites (N-methyl/N-ethyl adjacent to an activating group) is 1. The van der Waals surface area contributed by atoms with Gasteiger partial charge in [0.05, 0.1) is 23.6 Å². The van der Waals surface area contributed by atoms with Gasteiger partial charge in [-0.3, -0.25) is 9.59 Å². The van der Waals surface area contributed by atoms with E-state index in [9.17, 15) is 9.59 Å². The van der Waals surface area contributed by atoms with Crippen LogP contribution in [0, 0.1) is 13.8 Å². The van der Waals surface area contributed by atoms with Crippen molar-refractivity contribution in [3.05, 3.63) is 63.1 Å². The van der Waals surface area contributed by atoms with Gasteiger partial charge in [-0.15, -0.1) is 0 Å². The van der Waals surface area contributed by atoms with Gasteiger partial charge in [0.15, 0.2) is 6.54 Å². The number of carbonyl (C=O) groups excluding carboxylic acids is 2. The van der Waals surface area contributed by atoms with E-state index in [1.807, 2.05) is 45.2 Å². The highest BCUT2D eigenvalue weighted by atomic mass is 35.5. The van der Waals surface area contributed by atoms with Crippen molar-refractivity contribution >= 4 is 40.7 Å². The number of halogens is 2. The van der Waals surface area contributed by atoms with Crippen molar-refractivity contribution in [3.63, 3.8) is 0 Å². The summed E-state index contributed by atoms with van der Waals surface area (Å²) in [6.45, 7) is 4.74. The molecule has 0 saturated heterocycles. The summed E-state index contributed by atoms with van der Waals surface area (Å²) >= 11 is 11.9. The lowest BCUT2D eigenvalue weighted by molar-refractivity contribution is -0.885. The molecule has 27 heavy (non-hydrogen) atoms. The minimum absolute atomic E-state index is 0.0632. The number of quaternary nitrogens is 1. The van der Waals surface area contributed by atoms with Crippen LogP contribution in [0.5, 0.6) is 0 Å². The molecular weight excluding hydrogens is 385 g/mol. The average molecular weight is 409 g/mol. The van der Waals surface area contributed by atoms with Gasteiger partial charge >= 0.3 is 0 Å². The zero-order valence-electron chi connectivity index (χ0n) is 15.7. The number of carbonyl (C=O) groups is 2. The Kier molecular flexibility index (Phi) is 7.66. The third kappa shape index (κ3) is 6.54. The molecule has 2 aromatic carbocycles. The van der Waals surface area contributed by atoms with Crippen LogP contribution in [-0.4, -0.2) is 32.0 Å². The quantitative estimate of drug-likeness (QED) is 0.658. The summed E-state index contributed by atoms with van der Waals surface area (Å²) in [7, 11) is 1.90. The topological polar surface area (TPSA) is 62.6 Å². The summed E-state index contributed by atoms with van der Waals surface area (Å²) in [6, 6.07) is 11.1. The fraction of sp³-hybridized carbons (Fsp3) is 0.300. The third-order valence-electron chi connectivity index (χ3n) is 4.28. The van der Waals surface area contributed by atoms with Crippen LogP contribution < -0.4 is 15.5 Å². The summed E-state index contributed by atoms with van der Waals surface area (Å²) < 4.78 is 0. The van der Waals surface area contributed by atoms with E-state index >= 15 is 0 Å². The molecule has 2 rings (SSSR count). The summed E-state index contributed by atoms with van der Waals surface area (Å²) in [5.41, 5.74) is 3.87. The molecule has 3 N–H and O–H groups in total. The summed E-state index contributed by atoms with van der Waals surface area (Å²) in [5, 5.41) is 6.48. The molecule has 1 unspecified atom stereocenters. The first-order valence-electron chi connectivity index (χ1n) is 8.64. The predicted octanol–water partition coefficient (Wildman–Crippen LogP) is 2.38. The molecule has 0 bridgehead atoms. The van der Waals surface area contributed by atoms with Gasteiger partial charge in [-0.25, -0.2) is 0 Å². The second-order valence-electron chi connectivity index (χ2n) is 6.63. The maximum Gasteiger partial charge on any atom is 0.275 e. The Hall–Kier alpha value is -2.08. The standard InChI is InChI=1S/C20H23Cl2N3O2/c1-13-5-4-6-18(14(13)2)24-19(26)10-23-20(27)12-25(3)11-15-7-8-16(21)17(22)9-15/h4-9H,10-12H2,1-3H3,(H,23,27)(H,24,26)/p+1. The Morgan fingerprint density at radius 3 is 2.48 bits per heavy atom. The molecule has 2 aromatic rings. The molecule has 0 heterocycles. The van der Waals surface area contributed by atoms with Crippen molar-refractivity contribution in [1.29, 1.82) is 0 Å². The number of hydrogen-bond acceptors (Lipinski definition) is 2. The smallest absolute Gasteiger partial charge is 0.275 e. The van der Waals surface area contributed by atoms with E-state index in [0.29, 0.717) is 16.6 Å². The minimum Gasteiger partial charge on any atom is -0.342 e. The van der Waals surface area contributed by atoms with Crippen molar-refractivity contribution in [1.82, 2.24) is 5.32 Å². The van der Waals surface area contributed by atoms with Gasteiger partial charge in [0.1, 0.15) is 6.54 Å². The second kappa shape index (κ2) is 9.74. The van der Waals surface area contributed by atoms with Crippen LogP contribution in [0.1, 0.15) is 16.7 Å². The molecule has 5 nitrogen and oxygen atoms in total. The summed E-state index contributed by atoms with van der Waals surface area (Å²) in [6.07, 6.45) is 0. The highest BCUT2D eigenvalue weighted by Gasteiger charge is 2.13. The fourth-order valence-electron chi connectivity index (χ4n) is 2.66. The first-order chi connectivity index (χ1) is 12.8. The molecule has 0 spiro atoms. The zero-order chi connectivity index (χ0) is 20.0. The molecule has 1 atom stereocenters. The summed E-state index contributed by atoms with van der Waals surface area (Å²) in [4.78, 5) is 25.1. The summed E-state index contributed by atoms with van der Waals surface area (Å²) in [5.74, 6) is -0.442. The molecule has 0 aliphatic heterocycles. The molecule has 0 fully saturated rings. The number of aryl methyl sites for hydroxylation is 1. The zero-order valence-corrected chi connectivity index (χ0v) is 17.2. The van der Waals surface area contributed by atoms with Crippen LogP contribution in [0.3, 0.4) is 0 Å². The maximum absolute atomic E-state index is 12.1. The third-order valence-corrected chi connectivity index (χ3v) is 5.02. The largest absolute Gasteiger partial charge is 0.342 e. The highest BCUT2D eigenvalue weighted by Crippen LogP contribution is 2.22. The van der Waals surface area contributed by atoms with E-state index in [1.54, 1.807) is 12.1 Å². The van der Waals surface area contributed by atoms with Gasteiger partial charge in [-0.1, -0.05) is 41.4 Å². The van der Waals surface area contributed by atoms with Crippen LogP contribution in [0.15, 0.2) is 36.4 Å². The van der Waals surface area contributed by atoms with E-state index < -0.39 is 0 Å². The number of nitrogens with one attached hydrogen (secondary N) is 3. The Morgan fingerprint density at radius 1 is 1.04 bits per heavy atom. The van der Waals surface area contributed by atoms with Gasteiger partial charge in [0.2, 0.25) is 5.91 Å². The molecule has 144 valence electrons. The Morgan fingerprint density at radius 2 is 1.78 bits per heavy atom. The van der Waals surface area contributed by atoms with Crippen molar-refractivity contribution in [3.8, 4) is 0 Å². The Bertz CT molecular complexity index is 840. The molecule has 2 amide bonds. The molecule has 0 aliphatic carbocycles. The monoisotopic (exact) mass is 408 g/mol. The first kappa shape index (κ1) is 21.2. The van der Waals surface area contributed by atoms with Crippen LogP contribution in [-0.2, 0) is 16.1 Å². The number of benzene rings is 2. The van der Waals surface area contributed by atoms with Gasteiger partial charge < -0.3 is 15.5 Å². The molecule has 0 aliphatic rings. The Labute approximate surface area is 169 Å². The fourth-order valence-corrected chi connectivity index (χ4v) is 2.98. The van der Waals surface area contributed by atoms with Crippen molar-refractivity contribution in [2.24, 2.45) is 0 Å². The van der Waals surface area contributed by atoms with Crippen molar-refractivity contribution in [2.75, 3.05) is 25.5 Å². The van der Waals surface area contributed by atoms with Crippen LogP contribution >= 0.6 is 23.2 Å². The average Bonchev–Trinajstić information content (AvgIpc) is 2.60. The normalized spacial score (nSPS) is 11.7. The lowest BCUT2D eigenvalue weighted by Gasteiger charge is -2.15. The van der Waals surface area contributed by atoms with E-state index in [4.69, 9.17) is 23.2 Å². The molecular formula is C20H24Cl2N3O2+. The van der Waals surface area contributed by atoms with E-state index in [2.05, 4.69) is 10.6 Å². The number of hydrogen-bond donors (Lipinski definition) is 3. The molecule has 0 aromatic heterocycles. The number of amides is 2. The number of rotatable bonds is 7.